The van der Waals surface area contributed by atoms with Crippen LogP contribution in [0.25, 0.3) is 0 Å². The van der Waals surface area contributed by atoms with Gasteiger partial charge in [0.05, 0.1) is 12.5 Å². The third-order valence-electron chi connectivity index (χ3n) is 3.48. The van der Waals surface area contributed by atoms with Gasteiger partial charge in [-0.2, -0.15) is 0 Å². The topological polar surface area (TPSA) is 26.3 Å². The van der Waals surface area contributed by atoms with Gasteiger partial charge < -0.3 is 4.74 Å². The minimum atomic E-state index is -0.125. The molecule has 0 amide bonds. The van der Waals surface area contributed by atoms with Crippen LogP contribution in [-0.2, 0) is 14.9 Å². The molecular weight excluding hydrogens is 328 g/mol. The average molecular weight is 355 g/mol. The molecule has 1 aromatic rings. The van der Waals surface area contributed by atoms with Gasteiger partial charge in [-0.25, -0.2) is 0 Å². The minimum Gasteiger partial charge on any atom is -0.465 e. The first-order chi connectivity index (χ1) is 10.1. The standard InChI is InChI=1S/C18H27BrO2/c1-4-5-6-7-17(18(20)21-13-14(2)3)16-10-8-15(12-19)9-11-16/h8-11,14,17H,4-7,12-13H2,1-3H3. The second-order valence-electron chi connectivity index (χ2n) is 5.95. The fraction of sp³-hybridized carbons (Fsp3) is 0.611. The molecule has 0 bridgehead atoms. The lowest BCUT2D eigenvalue weighted by atomic mass is 9.92. The average Bonchev–Trinajstić information content (AvgIpc) is 2.49. The number of alkyl halides is 1. The van der Waals surface area contributed by atoms with E-state index in [9.17, 15) is 4.79 Å². The molecule has 0 aliphatic heterocycles. The number of ether oxygens (including phenoxy) is 1. The van der Waals surface area contributed by atoms with Gasteiger partial charge >= 0.3 is 5.97 Å². The molecule has 0 saturated heterocycles. The van der Waals surface area contributed by atoms with E-state index < -0.39 is 0 Å². The highest BCUT2D eigenvalue weighted by molar-refractivity contribution is 9.08. The molecule has 0 aliphatic carbocycles. The van der Waals surface area contributed by atoms with Gasteiger partial charge in [-0.3, -0.25) is 4.79 Å². The van der Waals surface area contributed by atoms with Crippen molar-refractivity contribution in [3.8, 4) is 0 Å². The summed E-state index contributed by atoms with van der Waals surface area (Å²) < 4.78 is 5.46. The predicted molar refractivity (Wildman–Crippen MR) is 91.8 cm³/mol. The number of benzene rings is 1. The first kappa shape index (κ1) is 18.2. The molecule has 0 heterocycles. The van der Waals surface area contributed by atoms with Crippen LogP contribution in [-0.4, -0.2) is 12.6 Å². The Hall–Kier alpha value is -0.830. The fourth-order valence-corrected chi connectivity index (χ4v) is 2.58. The van der Waals surface area contributed by atoms with Crippen LogP contribution in [0.4, 0.5) is 0 Å². The zero-order valence-electron chi connectivity index (χ0n) is 13.4. The highest BCUT2D eigenvalue weighted by Crippen LogP contribution is 2.25. The number of rotatable bonds is 9. The minimum absolute atomic E-state index is 0.0774. The summed E-state index contributed by atoms with van der Waals surface area (Å²) in [5, 5.41) is 0.839. The molecular formula is C18H27BrO2. The molecule has 1 rings (SSSR count). The number of carbonyl (C=O) groups excluding carboxylic acids is 1. The van der Waals surface area contributed by atoms with Crippen molar-refractivity contribution in [2.45, 2.75) is 57.7 Å². The van der Waals surface area contributed by atoms with E-state index in [-0.39, 0.29) is 11.9 Å². The molecule has 0 radical (unpaired) electrons. The number of halogens is 1. The van der Waals surface area contributed by atoms with Crippen LogP contribution < -0.4 is 0 Å². The molecule has 0 N–H and O–H groups in total. The molecule has 3 heteroatoms. The van der Waals surface area contributed by atoms with E-state index in [0.717, 1.165) is 36.6 Å². The Balaban J connectivity index is 2.76. The van der Waals surface area contributed by atoms with Crippen molar-refractivity contribution in [2.24, 2.45) is 5.92 Å². The van der Waals surface area contributed by atoms with E-state index in [4.69, 9.17) is 4.74 Å². The van der Waals surface area contributed by atoms with Crippen molar-refractivity contribution in [2.75, 3.05) is 6.61 Å². The summed E-state index contributed by atoms with van der Waals surface area (Å²) in [6, 6.07) is 8.27. The van der Waals surface area contributed by atoms with Gasteiger partial charge in [0.15, 0.2) is 0 Å². The smallest absolute Gasteiger partial charge is 0.313 e. The van der Waals surface area contributed by atoms with E-state index in [0.29, 0.717) is 12.5 Å². The van der Waals surface area contributed by atoms with Gasteiger partial charge in [-0.15, -0.1) is 0 Å². The van der Waals surface area contributed by atoms with E-state index in [1.54, 1.807) is 0 Å². The van der Waals surface area contributed by atoms with Gasteiger partial charge in [0.2, 0.25) is 0 Å². The molecule has 1 atom stereocenters. The molecule has 21 heavy (non-hydrogen) atoms. The van der Waals surface area contributed by atoms with Crippen molar-refractivity contribution in [1.82, 2.24) is 0 Å². The Kier molecular flexibility index (Phi) is 8.67. The second-order valence-corrected chi connectivity index (χ2v) is 6.51. The first-order valence-corrected chi connectivity index (χ1v) is 9.02. The molecule has 0 saturated carbocycles. The van der Waals surface area contributed by atoms with Crippen LogP contribution in [0.15, 0.2) is 24.3 Å². The lowest BCUT2D eigenvalue weighted by molar-refractivity contribution is -0.146. The fourth-order valence-electron chi connectivity index (χ4n) is 2.21. The molecule has 0 aromatic heterocycles. The van der Waals surface area contributed by atoms with Crippen molar-refractivity contribution in [3.05, 3.63) is 35.4 Å². The van der Waals surface area contributed by atoms with Crippen molar-refractivity contribution in [3.63, 3.8) is 0 Å². The second kappa shape index (κ2) is 9.99. The number of carbonyl (C=O) groups is 1. The van der Waals surface area contributed by atoms with Gasteiger partial charge in [-0.1, -0.05) is 80.2 Å². The Morgan fingerprint density at radius 3 is 2.38 bits per heavy atom. The predicted octanol–water partition coefficient (Wildman–Crippen LogP) is 5.44. The van der Waals surface area contributed by atoms with Gasteiger partial charge in [0, 0.05) is 5.33 Å². The molecule has 0 aliphatic rings. The van der Waals surface area contributed by atoms with Gasteiger partial charge in [-0.05, 0) is 23.5 Å². The number of unbranched alkanes of at least 4 members (excludes halogenated alkanes) is 2. The first-order valence-electron chi connectivity index (χ1n) is 7.89. The maximum atomic E-state index is 12.4. The van der Waals surface area contributed by atoms with Gasteiger partial charge in [0.1, 0.15) is 0 Å². The largest absolute Gasteiger partial charge is 0.465 e. The van der Waals surface area contributed by atoms with Crippen LogP contribution in [0.5, 0.6) is 0 Å². The summed E-state index contributed by atoms with van der Waals surface area (Å²) in [5.74, 6) is 0.173. The van der Waals surface area contributed by atoms with E-state index in [1.807, 2.05) is 0 Å². The highest BCUT2D eigenvalue weighted by atomic mass is 79.9. The Morgan fingerprint density at radius 1 is 1.19 bits per heavy atom. The van der Waals surface area contributed by atoms with E-state index in [2.05, 4.69) is 61.0 Å². The number of hydrogen-bond acceptors (Lipinski definition) is 2. The summed E-state index contributed by atoms with van der Waals surface area (Å²) in [5.41, 5.74) is 2.30. The molecule has 0 fully saturated rings. The highest BCUT2D eigenvalue weighted by Gasteiger charge is 2.22. The molecule has 1 unspecified atom stereocenters. The van der Waals surface area contributed by atoms with Crippen LogP contribution in [0.2, 0.25) is 0 Å². The van der Waals surface area contributed by atoms with Crippen LogP contribution in [0.1, 0.15) is 63.5 Å². The normalized spacial score (nSPS) is 12.4. The van der Waals surface area contributed by atoms with Crippen molar-refractivity contribution < 1.29 is 9.53 Å². The summed E-state index contributed by atoms with van der Waals surface area (Å²) >= 11 is 3.45. The van der Waals surface area contributed by atoms with Crippen LogP contribution in [0, 0.1) is 5.92 Å². The molecule has 1 aromatic carbocycles. The summed E-state index contributed by atoms with van der Waals surface area (Å²) in [6.07, 6.45) is 4.26. The molecule has 118 valence electrons. The van der Waals surface area contributed by atoms with E-state index in [1.165, 1.54) is 5.56 Å². The Labute approximate surface area is 137 Å². The number of esters is 1. The summed E-state index contributed by atoms with van der Waals surface area (Å²) in [6.45, 7) is 6.80. The third-order valence-corrected chi connectivity index (χ3v) is 4.12. The zero-order valence-corrected chi connectivity index (χ0v) is 15.0. The van der Waals surface area contributed by atoms with E-state index >= 15 is 0 Å². The maximum Gasteiger partial charge on any atom is 0.313 e. The lowest BCUT2D eigenvalue weighted by Crippen LogP contribution is -2.18. The van der Waals surface area contributed by atoms with Gasteiger partial charge in [0.25, 0.3) is 0 Å². The quantitative estimate of drug-likeness (QED) is 0.335. The summed E-state index contributed by atoms with van der Waals surface area (Å²) in [7, 11) is 0. The molecule has 2 nitrogen and oxygen atoms in total. The summed E-state index contributed by atoms with van der Waals surface area (Å²) in [4.78, 5) is 12.4. The molecule has 0 spiro atoms. The maximum absolute atomic E-state index is 12.4. The lowest BCUT2D eigenvalue weighted by Gasteiger charge is -2.17. The Morgan fingerprint density at radius 2 is 1.86 bits per heavy atom. The van der Waals surface area contributed by atoms with Crippen molar-refractivity contribution >= 4 is 21.9 Å². The monoisotopic (exact) mass is 354 g/mol. The van der Waals surface area contributed by atoms with Crippen molar-refractivity contribution in [1.29, 1.82) is 0 Å². The SMILES string of the molecule is CCCCCC(C(=O)OCC(C)C)c1ccc(CBr)cc1. The zero-order chi connectivity index (χ0) is 15.7. The van der Waals surface area contributed by atoms with Crippen LogP contribution >= 0.6 is 15.9 Å². The third kappa shape index (κ3) is 6.64. The van der Waals surface area contributed by atoms with Crippen LogP contribution in [0.3, 0.4) is 0 Å². The Bertz CT molecular complexity index is 412. The number of hydrogen-bond donors (Lipinski definition) is 0.